The van der Waals surface area contributed by atoms with E-state index in [1.165, 1.54) is 18.2 Å². The summed E-state index contributed by atoms with van der Waals surface area (Å²) in [6, 6.07) is 14.5. The summed E-state index contributed by atoms with van der Waals surface area (Å²) in [5.41, 5.74) is 0.841. The molecule has 2 aromatic carbocycles. The second-order valence-corrected chi connectivity index (χ2v) is 6.37. The summed E-state index contributed by atoms with van der Waals surface area (Å²) in [5.74, 6) is -0.000416. The monoisotopic (exact) mass is 420 g/mol. The largest absolute Gasteiger partial charge is 0.451 e. The Morgan fingerprint density at radius 1 is 1.16 bits per heavy atom. The molecule has 0 aliphatic rings. The third-order valence-corrected chi connectivity index (χ3v) is 4.15. The Kier molecular flexibility index (Phi) is 4.87. The van der Waals surface area contributed by atoms with Crippen LogP contribution in [0.25, 0.3) is 11.3 Å². The van der Waals surface area contributed by atoms with E-state index in [1.54, 1.807) is 30.3 Å². The zero-order chi connectivity index (χ0) is 18.0. The molecule has 1 heterocycles. The fourth-order valence-electron chi connectivity index (χ4n) is 2.18. The van der Waals surface area contributed by atoms with E-state index in [1.807, 2.05) is 6.07 Å². The van der Waals surface area contributed by atoms with E-state index in [0.717, 1.165) is 4.47 Å². The minimum Gasteiger partial charge on any atom is -0.451 e. The number of nitro groups is 1. The normalized spacial score (nSPS) is 10.5. The number of carbonyl (C=O) groups is 1. The van der Waals surface area contributed by atoms with E-state index in [0.29, 0.717) is 17.0 Å². The zero-order valence-electron chi connectivity index (χ0n) is 12.5. The molecule has 126 valence electrons. The van der Waals surface area contributed by atoms with Gasteiger partial charge in [0.25, 0.3) is 11.6 Å². The van der Waals surface area contributed by atoms with Crippen molar-refractivity contribution in [3.05, 3.63) is 80.0 Å². The molecule has 0 unspecified atom stereocenters. The first-order chi connectivity index (χ1) is 11.9. The van der Waals surface area contributed by atoms with Crippen LogP contribution < -0.4 is 5.32 Å². The number of hydrogen-bond acceptors (Lipinski definition) is 4. The quantitative estimate of drug-likeness (QED) is 0.444. The second kappa shape index (κ2) is 7.08. The van der Waals surface area contributed by atoms with Crippen molar-refractivity contribution in [1.82, 2.24) is 0 Å². The minimum atomic E-state index is -0.574. The number of anilines is 1. The maximum absolute atomic E-state index is 12.2. The van der Waals surface area contributed by atoms with Gasteiger partial charge in [0, 0.05) is 21.8 Å². The van der Waals surface area contributed by atoms with E-state index in [2.05, 4.69) is 21.2 Å². The first-order valence-electron chi connectivity index (χ1n) is 7.05. The molecule has 1 amide bonds. The Morgan fingerprint density at radius 3 is 2.68 bits per heavy atom. The van der Waals surface area contributed by atoms with Crippen molar-refractivity contribution in [1.29, 1.82) is 0 Å². The first kappa shape index (κ1) is 17.2. The molecule has 6 nitrogen and oxygen atoms in total. The minimum absolute atomic E-state index is 0.0351. The zero-order valence-corrected chi connectivity index (χ0v) is 14.9. The van der Waals surface area contributed by atoms with Gasteiger partial charge in [-0.1, -0.05) is 33.6 Å². The summed E-state index contributed by atoms with van der Waals surface area (Å²) in [6.45, 7) is 0. The molecular weight excluding hydrogens is 412 g/mol. The van der Waals surface area contributed by atoms with Crippen LogP contribution in [0.2, 0.25) is 5.02 Å². The summed E-state index contributed by atoms with van der Waals surface area (Å²) in [5, 5.41) is 13.7. The van der Waals surface area contributed by atoms with E-state index >= 15 is 0 Å². The number of carbonyl (C=O) groups excluding carboxylic acids is 1. The molecule has 25 heavy (non-hydrogen) atoms. The molecule has 1 N–H and O–H groups in total. The lowest BCUT2D eigenvalue weighted by molar-refractivity contribution is -0.384. The van der Waals surface area contributed by atoms with Gasteiger partial charge in [-0.3, -0.25) is 14.9 Å². The Hall–Kier alpha value is -2.64. The lowest BCUT2D eigenvalue weighted by Crippen LogP contribution is -2.10. The van der Waals surface area contributed by atoms with Crippen LogP contribution in [0.5, 0.6) is 0 Å². The smallest absolute Gasteiger partial charge is 0.291 e. The lowest BCUT2D eigenvalue weighted by atomic mass is 10.1. The Bertz CT molecular complexity index is 971. The molecule has 0 radical (unpaired) electrons. The van der Waals surface area contributed by atoms with E-state index < -0.39 is 10.8 Å². The molecular formula is C17H10BrClN2O4. The van der Waals surface area contributed by atoms with Crippen molar-refractivity contribution in [2.45, 2.75) is 0 Å². The van der Waals surface area contributed by atoms with Crippen molar-refractivity contribution in [2.75, 3.05) is 5.32 Å². The highest BCUT2D eigenvalue weighted by molar-refractivity contribution is 9.10. The number of nitrogens with zero attached hydrogens (tertiary/aromatic N) is 1. The number of hydrogen-bond donors (Lipinski definition) is 1. The van der Waals surface area contributed by atoms with Gasteiger partial charge >= 0.3 is 0 Å². The van der Waals surface area contributed by atoms with Gasteiger partial charge < -0.3 is 9.73 Å². The maximum Gasteiger partial charge on any atom is 0.291 e. The van der Waals surface area contributed by atoms with Gasteiger partial charge in [-0.25, -0.2) is 0 Å². The lowest BCUT2D eigenvalue weighted by Gasteiger charge is -2.03. The maximum atomic E-state index is 12.2. The number of benzene rings is 2. The van der Waals surface area contributed by atoms with Gasteiger partial charge in [-0.2, -0.15) is 0 Å². The van der Waals surface area contributed by atoms with E-state index in [9.17, 15) is 14.9 Å². The molecule has 3 rings (SSSR count). The molecule has 0 atom stereocenters. The molecule has 0 saturated carbocycles. The summed E-state index contributed by atoms with van der Waals surface area (Å²) in [4.78, 5) is 22.6. The molecule has 0 spiro atoms. The fourth-order valence-corrected chi connectivity index (χ4v) is 2.77. The summed E-state index contributed by atoms with van der Waals surface area (Å²) in [6.07, 6.45) is 0. The number of furan rings is 1. The number of halogens is 2. The van der Waals surface area contributed by atoms with Crippen LogP contribution in [0.3, 0.4) is 0 Å². The van der Waals surface area contributed by atoms with E-state index in [4.69, 9.17) is 16.0 Å². The molecule has 0 fully saturated rings. The first-order valence-corrected chi connectivity index (χ1v) is 8.22. The topological polar surface area (TPSA) is 85.4 Å². The summed E-state index contributed by atoms with van der Waals surface area (Å²) < 4.78 is 6.35. The van der Waals surface area contributed by atoms with Crippen LogP contribution in [0.15, 0.2) is 63.5 Å². The van der Waals surface area contributed by atoms with Gasteiger partial charge in [-0.05, 0) is 42.5 Å². The highest BCUT2D eigenvalue weighted by Gasteiger charge is 2.17. The number of amides is 1. The molecule has 3 aromatic rings. The van der Waals surface area contributed by atoms with Crippen molar-refractivity contribution in [3.8, 4) is 11.3 Å². The van der Waals surface area contributed by atoms with Crippen LogP contribution in [-0.4, -0.2) is 10.8 Å². The van der Waals surface area contributed by atoms with Gasteiger partial charge in [0.2, 0.25) is 0 Å². The molecule has 0 aliphatic heterocycles. The van der Waals surface area contributed by atoms with Crippen LogP contribution in [-0.2, 0) is 0 Å². The van der Waals surface area contributed by atoms with Crippen molar-refractivity contribution in [3.63, 3.8) is 0 Å². The number of nitrogens with one attached hydrogen (secondary N) is 1. The van der Waals surface area contributed by atoms with E-state index in [-0.39, 0.29) is 16.5 Å². The van der Waals surface area contributed by atoms with Crippen LogP contribution >= 0.6 is 27.5 Å². The van der Waals surface area contributed by atoms with Crippen LogP contribution in [0.1, 0.15) is 10.6 Å². The van der Waals surface area contributed by atoms with Crippen LogP contribution in [0, 0.1) is 10.1 Å². The van der Waals surface area contributed by atoms with Crippen molar-refractivity contribution >= 4 is 44.8 Å². The van der Waals surface area contributed by atoms with Gasteiger partial charge in [0.1, 0.15) is 10.8 Å². The SMILES string of the molecule is O=C(Nc1cccc(Br)c1)c1ccc(-c2ccc(Cl)c([N+](=O)[O-])c2)o1. The molecule has 0 saturated heterocycles. The van der Waals surface area contributed by atoms with Crippen molar-refractivity contribution < 1.29 is 14.1 Å². The predicted octanol–water partition coefficient (Wildman–Crippen LogP) is 5.52. The fraction of sp³-hybridized carbons (Fsp3) is 0. The van der Waals surface area contributed by atoms with Crippen molar-refractivity contribution in [2.24, 2.45) is 0 Å². The molecule has 0 aliphatic carbocycles. The Labute approximate surface area is 155 Å². The standard InChI is InChI=1S/C17H10BrClN2O4/c18-11-2-1-3-12(9-11)20-17(22)16-7-6-15(25-16)10-4-5-13(19)14(8-10)21(23)24/h1-9H,(H,20,22). The predicted molar refractivity (Wildman–Crippen MR) is 97.9 cm³/mol. The van der Waals surface area contributed by atoms with Gasteiger partial charge in [0.15, 0.2) is 5.76 Å². The molecule has 1 aromatic heterocycles. The van der Waals surface area contributed by atoms with Gasteiger partial charge in [0.05, 0.1) is 4.92 Å². The summed E-state index contributed by atoms with van der Waals surface area (Å²) >= 11 is 9.12. The molecule has 8 heteroatoms. The Balaban J connectivity index is 1.84. The number of nitro benzene ring substituents is 1. The Morgan fingerprint density at radius 2 is 1.96 bits per heavy atom. The van der Waals surface area contributed by atoms with Gasteiger partial charge in [-0.15, -0.1) is 0 Å². The third-order valence-electron chi connectivity index (χ3n) is 3.34. The average Bonchev–Trinajstić information content (AvgIpc) is 3.05. The molecule has 0 bridgehead atoms. The third kappa shape index (κ3) is 3.89. The average molecular weight is 422 g/mol. The summed E-state index contributed by atoms with van der Waals surface area (Å²) in [7, 11) is 0. The second-order valence-electron chi connectivity index (χ2n) is 5.05. The number of rotatable bonds is 4. The highest BCUT2D eigenvalue weighted by atomic mass is 79.9. The van der Waals surface area contributed by atoms with Crippen LogP contribution in [0.4, 0.5) is 11.4 Å². The highest BCUT2D eigenvalue weighted by Crippen LogP contribution is 2.31.